The second-order valence-corrected chi connectivity index (χ2v) is 3.65. The van der Waals surface area contributed by atoms with Crippen LogP contribution in [-0.2, 0) is 9.53 Å². The molecule has 1 aliphatic rings. The zero-order valence-corrected chi connectivity index (χ0v) is 8.38. The number of carbonyl (C=O) groups is 1. The summed E-state index contributed by atoms with van der Waals surface area (Å²) in [4.78, 5) is 11.1. The van der Waals surface area contributed by atoms with Crippen molar-refractivity contribution >= 4 is 5.78 Å². The largest absolute Gasteiger partial charge is 0.374 e. The molecular weight excluding hydrogens is 183 g/mol. The molecule has 1 aliphatic carbocycles. The highest BCUT2D eigenvalue weighted by Crippen LogP contribution is 2.19. The van der Waals surface area contributed by atoms with Gasteiger partial charge in [-0.05, 0) is 25.7 Å². The third kappa shape index (κ3) is 3.58. The number of alkyl halides is 1. The molecule has 80 valence electrons. The van der Waals surface area contributed by atoms with Crippen LogP contribution >= 0.6 is 0 Å². The zero-order valence-electron chi connectivity index (χ0n) is 8.38. The Morgan fingerprint density at radius 3 is 3.00 bits per heavy atom. The quantitative estimate of drug-likeness (QED) is 0.654. The predicted octanol–water partition coefficient (Wildman–Crippen LogP) is 2.43. The van der Waals surface area contributed by atoms with Crippen LogP contribution in [0.25, 0.3) is 0 Å². The van der Waals surface area contributed by atoms with Crippen molar-refractivity contribution in [3.8, 4) is 0 Å². The molecule has 0 spiro atoms. The maximum atomic E-state index is 13.1. The van der Waals surface area contributed by atoms with Gasteiger partial charge in [0.1, 0.15) is 0 Å². The minimum absolute atomic E-state index is 0.0966. The van der Waals surface area contributed by atoms with Crippen LogP contribution in [0.15, 0.2) is 12.7 Å². The Bertz CT molecular complexity index is 203. The Morgan fingerprint density at radius 1 is 1.50 bits per heavy atom. The van der Waals surface area contributed by atoms with Crippen LogP contribution in [-0.4, -0.2) is 24.7 Å². The van der Waals surface area contributed by atoms with Gasteiger partial charge in [-0.25, -0.2) is 4.39 Å². The molecule has 0 radical (unpaired) electrons. The van der Waals surface area contributed by atoms with E-state index in [1.54, 1.807) is 6.08 Å². The molecule has 1 fully saturated rings. The topological polar surface area (TPSA) is 26.3 Å². The minimum Gasteiger partial charge on any atom is -0.374 e. The lowest BCUT2D eigenvalue weighted by Gasteiger charge is -2.20. The van der Waals surface area contributed by atoms with E-state index >= 15 is 0 Å². The van der Waals surface area contributed by atoms with Crippen LogP contribution in [0.1, 0.15) is 32.1 Å². The van der Waals surface area contributed by atoms with E-state index in [4.69, 9.17) is 4.74 Å². The number of halogens is 1. The zero-order chi connectivity index (χ0) is 10.4. The predicted molar refractivity (Wildman–Crippen MR) is 52.9 cm³/mol. The molecule has 0 aliphatic heterocycles. The van der Waals surface area contributed by atoms with Gasteiger partial charge >= 0.3 is 0 Å². The van der Waals surface area contributed by atoms with E-state index in [1.807, 2.05) is 0 Å². The minimum atomic E-state index is -1.27. The van der Waals surface area contributed by atoms with Crippen molar-refractivity contribution in [3.05, 3.63) is 12.7 Å². The summed E-state index contributed by atoms with van der Waals surface area (Å²) in [6, 6.07) is 0. The first-order chi connectivity index (χ1) is 6.74. The van der Waals surface area contributed by atoms with E-state index < -0.39 is 6.17 Å². The molecule has 1 saturated carbocycles. The summed E-state index contributed by atoms with van der Waals surface area (Å²) in [5, 5.41) is 0. The molecule has 1 rings (SSSR count). The Hall–Kier alpha value is -0.700. The molecule has 2 nitrogen and oxygen atoms in total. The molecule has 0 bridgehead atoms. The molecule has 0 amide bonds. The van der Waals surface area contributed by atoms with Gasteiger partial charge in [-0.15, -0.1) is 6.58 Å². The summed E-state index contributed by atoms with van der Waals surface area (Å²) in [5.74, 6) is -0.243. The van der Waals surface area contributed by atoms with E-state index in [2.05, 4.69) is 6.58 Å². The van der Waals surface area contributed by atoms with Crippen LogP contribution in [0.3, 0.4) is 0 Å². The van der Waals surface area contributed by atoms with Crippen molar-refractivity contribution in [2.45, 2.75) is 44.4 Å². The molecule has 0 heterocycles. The fourth-order valence-electron chi connectivity index (χ4n) is 1.67. The smallest absolute Gasteiger partial charge is 0.166 e. The van der Waals surface area contributed by atoms with E-state index in [0.29, 0.717) is 25.9 Å². The van der Waals surface area contributed by atoms with Gasteiger partial charge in [0.15, 0.2) is 12.0 Å². The lowest BCUT2D eigenvalue weighted by atomic mass is 9.96. The standard InChI is InChI=1S/C11H17FO2/c1-2-8-14-9-4-3-5-11(13)10(12)7-6-9/h2,9-10H,1,3-8H2/t9-,10-/m0/s1. The number of rotatable bonds is 3. The maximum absolute atomic E-state index is 13.1. The fraction of sp³-hybridized carbons (Fsp3) is 0.727. The van der Waals surface area contributed by atoms with Crippen LogP contribution in [0.2, 0.25) is 0 Å². The van der Waals surface area contributed by atoms with Crippen LogP contribution < -0.4 is 0 Å². The molecule has 0 saturated heterocycles. The Kier molecular flexibility index (Phi) is 4.80. The SMILES string of the molecule is C=CCO[C@H]1CCCC(=O)[C@@H](F)CC1. The third-order valence-electron chi connectivity index (χ3n) is 2.49. The van der Waals surface area contributed by atoms with Crippen LogP contribution in [0, 0.1) is 0 Å². The number of hydrogen-bond donors (Lipinski definition) is 0. The third-order valence-corrected chi connectivity index (χ3v) is 2.49. The molecule has 0 aromatic heterocycles. The number of hydrogen-bond acceptors (Lipinski definition) is 2. The molecule has 0 aromatic rings. The van der Waals surface area contributed by atoms with Crippen molar-refractivity contribution in [1.82, 2.24) is 0 Å². The number of ether oxygens (including phenoxy) is 1. The van der Waals surface area contributed by atoms with Gasteiger partial charge in [-0.1, -0.05) is 6.08 Å². The maximum Gasteiger partial charge on any atom is 0.166 e. The average Bonchev–Trinajstić information content (AvgIpc) is 2.18. The van der Waals surface area contributed by atoms with Gasteiger partial charge < -0.3 is 4.74 Å². The van der Waals surface area contributed by atoms with Gasteiger partial charge in [-0.2, -0.15) is 0 Å². The molecule has 0 N–H and O–H groups in total. The summed E-state index contributed by atoms with van der Waals surface area (Å²) >= 11 is 0. The van der Waals surface area contributed by atoms with Crippen molar-refractivity contribution in [3.63, 3.8) is 0 Å². The first-order valence-corrected chi connectivity index (χ1v) is 5.13. The number of Topliss-reactive ketones (excluding diaryl/α,β-unsaturated/α-hetero) is 1. The van der Waals surface area contributed by atoms with Crippen molar-refractivity contribution in [2.75, 3.05) is 6.61 Å². The van der Waals surface area contributed by atoms with Crippen molar-refractivity contribution in [1.29, 1.82) is 0 Å². The van der Waals surface area contributed by atoms with Gasteiger partial charge in [0.05, 0.1) is 12.7 Å². The first kappa shape index (κ1) is 11.4. The highest BCUT2D eigenvalue weighted by Gasteiger charge is 2.22. The Labute approximate surface area is 84.1 Å². The van der Waals surface area contributed by atoms with E-state index in [9.17, 15) is 9.18 Å². The van der Waals surface area contributed by atoms with E-state index in [0.717, 1.165) is 12.8 Å². The van der Waals surface area contributed by atoms with E-state index in [-0.39, 0.29) is 11.9 Å². The second kappa shape index (κ2) is 5.91. The van der Waals surface area contributed by atoms with Crippen molar-refractivity contribution in [2.24, 2.45) is 0 Å². The van der Waals surface area contributed by atoms with Crippen molar-refractivity contribution < 1.29 is 13.9 Å². The van der Waals surface area contributed by atoms with Gasteiger partial charge in [0.2, 0.25) is 0 Å². The highest BCUT2D eigenvalue weighted by molar-refractivity contribution is 5.82. The second-order valence-electron chi connectivity index (χ2n) is 3.65. The monoisotopic (exact) mass is 200 g/mol. The van der Waals surface area contributed by atoms with Gasteiger partial charge in [-0.3, -0.25) is 4.79 Å². The number of carbonyl (C=O) groups excluding carboxylic acids is 1. The summed E-state index contributed by atoms with van der Waals surface area (Å²) < 4.78 is 18.5. The molecule has 0 aromatic carbocycles. The number of ketones is 1. The van der Waals surface area contributed by atoms with E-state index in [1.165, 1.54) is 0 Å². The highest BCUT2D eigenvalue weighted by atomic mass is 19.1. The normalized spacial score (nSPS) is 29.4. The lowest BCUT2D eigenvalue weighted by Crippen LogP contribution is -2.24. The Balaban J connectivity index is 2.34. The molecule has 0 unspecified atom stereocenters. The lowest BCUT2D eigenvalue weighted by molar-refractivity contribution is -0.125. The molecule has 14 heavy (non-hydrogen) atoms. The molecular formula is C11H17FO2. The van der Waals surface area contributed by atoms with Gasteiger partial charge in [0, 0.05) is 6.42 Å². The average molecular weight is 200 g/mol. The molecule has 3 heteroatoms. The van der Waals surface area contributed by atoms with Crippen LogP contribution in [0.5, 0.6) is 0 Å². The Morgan fingerprint density at radius 2 is 2.29 bits per heavy atom. The fourth-order valence-corrected chi connectivity index (χ4v) is 1.67. The van der Waals surface area contributed by atoms with Crippen LogP contribution in [0.4, 0.5) is 4.39 Å². The summed E-state index contributed by atoms with van der Waals surface area (Å²) in [6.45, 7) is 4.07. The van der Waals surface area contributed by atoms with Gasteiger partial charge in [0.25, 0.3) is 0 Å². The first-order valence-electron chi connectivity index (χ1n) is 5.13. The molecule has 2 atom stereocenters. The summed E-state index contributed by atoms with van der Waals surface area (Å²) in [6.07, 6.45) is 3.41. The summed E-state index contributed by atoms with van der Waals surface area (Å²) in [5.41, 5.74) is 0. The summed E-state index contributed by atoms with van der Waals surface area (Å²) in [7, 11) is 0.